The zero-order valence-corrected chi connectivity index (χ0v) is 15.3. The number of carbonyl (C=O) groups excluding carboxylic acids is 2. The van der Waals surface area contributed by atoms with Crippen LogP contribution < -0.4 is 16.2 Å². The molecule has 0 aliphatic rings. The fraction of sp³-hybridized carbons (Fsp3) is 0.176. The van der Waals surface area contributed by atoms with Crippen LogP contribution in [0, 0.1) is 0 Å². The average molecular weight is 420 g/mol. The van der Waals surface area contributed by atoms with Gasteiger partial charge in [-0.3, -0.25) is 20.4 Å². The second-order valence-electron chi connectivity index (χ2n) is 5.45. The first kappa shape index (κ1) is 20.9. The summed E-state index contributed by atoms with van der Waals surface area (Å²) in [5.74, 6) is -1.40. The number of hydrogen-bond acceptors (Lipinski definition) is 3. The van der Waals surface area contributed by atoms with Crippen LogP contribution in [0.2, 0.25) is 10.0 Å². The Morgan fingerprint density at radius 2 is 1.70 bits per heavy atom. The molecule has 2 rings (SSSR count). The number of nitrogens with one attached hydrogen (secondary N) is 3. The number of anilines is 1. The van der Waals surface area contributed by atoms with E-state index < -0.39 is 29.6 Å². The maximum Gasteiger partial charge on any atom is 0.418 e. The number of benzene rings is 2. The van der Waals surface area contributed by atoms with Crippen molar-refractivity contribution in [1.82, 2.24) is 10.7 Å². The second kappa shape index (κ2) is 8.49. The Hall–Kier alpha value is -2.45. The van der Waals surface area contributed by atoms with Crippen LogP contribution in [-0.4, -0.2) is 17.9 Å². The summed E-state index contributed by atoms with van der Waals surface area (Å²) in [5, 5.41) is 2.59. The van der Waals surface area contributed by atoms with Gasteiger partial charge in [-0.2, -0.15) is 13.2 Å². The van der Waals surface area contributed by atoms with E-state index in [2.05, 4.69) is 16.2 Å². The molecule has 10 heteroatoms. The van der Waals surface area contributed by atoms with Gasteiger partial charge in [-0.15, -0.1) is 0 Å². The molecule has 2 aromatic carbocycles. The third kappa shape index (κ3) is 5.27. The van der Waals surface area contributed by atoms with Crippen molar-refractivity contribution in [3.63, 3.8) is 0 Å². The van der Waals surface area contributed by atoms with E-state index in [4.69, 9.17) is 23.2 Å². The third-order valence-corrected chi connectivity index (χ3v) is 4.31. The second-order valence-corrected chi connectivity index (χ2v) is 6.24. The number of alkyl halides is 3. The summed E-state index contributed by atoms with van der Waals surface area (Å²) in [6.07, 6.45) is -4.59. The quantitative estimate of drug-likeness (QED) is 0.633. The van der Waals surface area contributed by atoms with Gasteiger partial charge in [-0.05, 0) is 31.2 Å². The lowest BCUT2D eigenvalue weighted by molar-refractivity contribution is -0.137. The summed E-state index contributed by atoms with van der Waals surface area (Å²) in [5.41, 5.74) is 3.15. The predicted molar refractivity (Wildman–Crippen MR) is 96.6 cm³/mol. The molecule has 0 aromatic heterocycles. The number of amides is 2. The lowest BCUT2D eigenvalue weighted by atomic mass is 10.2. The van der Waals surface area contributed by atoms with Gasteiger partial charge in [-0.25, -0.2) is 0 Å². The Labute approximate surface area is 162 Å². The molecule has 3 N–H and O–H groups in total. The molecule has 2 aromatic rings. The van der Waals surface area contributed by atoms with Crippen molar-refractivity contribution >= 4 is 40.7 Å². The largest absolute Gasteiger partial charge is 0.418 e. The van der Waals surface area contributed by atoms with Crippen molar-refractivity contribution in [2.75, 3.05) is 5.43 Å². The summed E-state index contributed by atoms with van der Waals surface area (Å²) in [7, 11) is 0. The van der Waals surface area contributed by atoms with Crippen LogP contribution in [0.5, 0.6) is 0 Å². The van der Waals surface area contributed by atoms with Gasteiger partial charge in [0.2, 0.25) is 0 Å². The van der Waals surface area contributed by atoms with E-state index in [1.165, 1.54) is 37.3 Å². The van der Waals surface area contributed by atoms with E-state index in [-0.39, 0.29) is 21.3 Å². The minimum Gasteiger partial charge on any atom is -0.340 e. The van der Waals surface area contributed by atoms with E-state index in [1.54, 1.807) is 0 Å². The van der Waals surface area contributed by atoms with Gasteiger partial charge in [-0.1, -0.05) is 41.4 Å². The van der Waals surface area contributed by atoms with Crippen LogP contribution >= 0.6 is 23.2 Å². The van der Waals surface area contributed by atoms with Crippen molar-refractivity contribution in [1.29, 1.82) is 0 Å². The molecular weight excluding hydrogens is 406 g/mol. The molecule has 0 heterocycles. The first-order chi connectivity index (χ1) is 12.6. The summed E-state index contributed by atoms with van der Waals surface area (Å²) >= 11 is 11.8. The molecule has 0 fully saturated rings. The van der Waals surface area contributed by atoms with E-state index in [0.29, 0.717) is 0 Å². The van der Waals surface area contributed by atoms with Crippen molar-refractivity contribution in [2.24, 2.45) is 0 Å². The Morgan fingerprint density at radius 3 is 2.37 bits per heavy atom. The Morgan fingerprint density at radius 1 is 1.04 bits per heavy atom. The molecule has 1 atom stereocenters. The Bertz CT molecular complexity index is 860. The van der Waals surface area contributed by atoms with Gasteiger partial charge in [0.1, 0.15) is 6.04 Å². The highest BCUT2D eigenvalue weighted by molar-refractivity contribution is 6.43. The zero-order valence-electron chi connectivity index (χ0n) is 13.8. The summed E-state index contributed by atoms with van der Waals surface area (Å²) in [6, 6.07) is 8.04. The van der Waals surface area contributed by atoms with Crippen molar-refractivity contribution in [3.05, 3.63) is 63.6 Å². The van der Waals surface area contributed by atoms with Gasteiger partial charge in [0.05, 0.1) is 26.9 Å². The number of para-hydroxylation sites is 1. The molecule has 0 radical (unpaired) electrons. The first-order valence-corrected chi connectivity index (χ1v) is 8.34. The molecule has 0 bridgehead atoms. The highest BCUT2D eigenvalue weighted by Crippen LogP contribution is 2.34. The summed E-state index contributed by atoms with van der Waals surface area (Å²) in [6.45, 7) is 1.36. The number of halogens is 5. The van der Waals surface area contributed by atoms with Crippen LogP contribution in [0.25, 0.3) is 0 Å². The van der Waals surface area contributed by atoms with E-state index in [1.807, 2.05) is 0 Å². The highest BCUT2D eigenvalue weighted by Gasteiger charge is 2.33. The SMILES string of the molecule is CC(NC(=O)c1cccc(Cl)c1Cl)C(=O)NNc1ccccc1C(F)(F)F. The lowest BCUT2D eigenvalue weighted by Crippen LogP contribution is -2.46. The fourth-order valence-electron chi connectivity index (χ4n) is 2.10. The van der Waals surface area contributed by atoms with Crippen LogP contribution in [0.1, 0.15) is 22.8 Å². The minimum absolute atomic E-state index is 0.0292. The topological polar surface area (TPSA) is 70.2 Å². The van der Waals surface area contributed by atoms with Crippen LogP contribution in [-0.2, 0) is 11.0 Å². The number of hydrazine groups is 1. The van der Waals surface area contributed by atoms with Gasteiger partial charge < -0.3 is 5.32 Å². The molecular formula is C17H14Cl2F3N3O2. The maximum atomic E-state index is 12.9. The molecule has 0 aliphatic heterocycles. The summed E-state index contributed by atoms with van der Waals surface area (Å²) in [4.78, 5) is 24.3. The predicted octanol–water partition coefficient (Wildman–Crippen LogP) is 4.27. The van der Waals surface area contributed by atoms with Gasteiger partial charge in [0.25, 0.3) is 11.8 Å². The van der Waals surface area contributed by atoms with E-state index in [0.717, 1.165) is 12.1 Å². The maximum absolute atomic E-state index is 12.9. The van der Waals surface area contributed by atoms with Gasteiger partial charge in [0.15, 0.2) is 0 Å². The van der Waals surface area contributed by atoms with Crippen molar-refractivity contribution < 1.29 is 22.8 Å². The smallest absolute Gasteiger partial charge is 0.340 e. The van der Waals surface area contributed by atoms with Crippen LogP contribution in [0.15, 0.2) is 42.5 Å². The Balaban J connectivity index is 2.01. The lowest BCUT2D eigenvalue weighted by Gasteiger charge is -2.18. The minimum atomic E-state index is -4.59. The monoisotopic (exact) mass is 419 g/mol. The molecule has 5 nitrogen and oxygen atoms in total. The fourth-order valence-corrected chi connectivity index (χ4v) is 2.48. The van der Waals surface area contributed by atoms with Crippen molar-refractivity contribution in [2.45, 2.75) is 19.1 Å². The number of carbonyl (C=O) groups is 2. The highest BCUT2D eigenvalue weighted by atomic mass is 35.5. The van der Waals surface area contributed by atoms with Crippen LogP contribution in [0.4, 0.5) is 18.9 Å². The number of rotatable bonds is 5. The summed E-state index contributed by atoms with van der Waals surface area (Å²) < 4.78 is 38.8. The van der Waals surface area contributed by atoms with Crippen molar-refractivity contribution in [3.8, 4) is 0 Å². The molecule has 1 unspecified atom stereocenters. The van der Waals surface area contributed by atoms with Crippen LogP contribution in [0.3, 0.4) is 0 Å². The molecule has 0 spiro atoms. The molecule has 27 heavy (non-hydrogen) atoms. The molecule has 144 valence electrons. The standard InChI is InChI=1S/C17H14Cl2F3N3O2/c1-9(23-16(27)10-5-4-7-12(18)14(10)19)15(26)25-24-13-8-3-2-6-11(13)17(20,21)22/h2-9,24H,1H3,(H,23,27)(H,25,26). The van der Waals surface area contributed by atoms with E-state index >= 15 is 0 Å². The Kier molecular flexibility index (Phi) is 6.56. The first-order valence-electron chi connectivity index (χ1n) is 7.58. The molecule has 2 amide bonds. The average Bonchev–Trinajstić information content (AvgIpc) is 2.61. The molecule has 0 saturated heterocycles. The van der Waals surface area contributed by atoms with E-state index in [9.17, 15) is 22.8 Å². The number of hydrogen-bond donors (Lipinski definition) is 3. The molecule has 0 saturated carbocycles. The molecule has 0 aliphatic carbocycles. The third-order valence-electron chi connectivity index (χ3n) is 3.49. The van der Waals surface area contributed by atoms with Gasteiger partial charge in [0, 0.05) is 0 Å². The zero-order chi connectivity index (χ0) is 20.2. The normalized spacial score (nSPS) is 12.2. The van der Waals surface area contributed by atoms with Gasteiger partial charge >= 0.3 is 6.18 Å².